The van der Waals surface area contributed by atoms with Crippen LogP contribution in [0.15, 0.2) is 11.4 Å². The Labute approximate surface area is 108 Å². The first kappa shape index (κ1) is 12.8. The zero-order valence-corrected chi connectivity index (χ0v) is 10.7. The Bertz CT molecular complexity index is 516. The van der Waals surface area contributed by atoms with Gasteiger partial charge in [-0.15, -0.1) is 11.3 Å². The number of amides is 1. The van der Waals surface area contributed by atoms with Gasteiger partial charge in [0.1, 0.15) is 5.54 Å². The first-order valence-electron chi connectivity index (χ1n) is 5.56. The second kappa shape index (κ2) is 4.53. The minimum Gasteiger partial charge on any atom is -0.480 e. The highest BCUT2D eigenvalue weighted by Gasteiger charge is 2.51. The second-order valence-electron chi connectivity index (χ2n) is 4.49. The number of carbonyl (C=O) groups is 3. The molecule has 2 N–H and O–H groups in total. The quantitative estimate of drug-likeness (QED) is 0.786. The third-order valence-corrected chi connectivity index (χ3v) is 3.98. The van der Waals surface area contributed by atoms with Crippen LogP contribution in [0.4, 0.5) is 0 Å². The summed E-state index contributed by atoms with van der Waals surface area (Å²) in [7, 11) is 0. The van der Waals surface area contributed by atoms with Crippen LogP contribution in [0.25, 0.3) is 0 Å². The predicted molar refractivity (Wildman–Crippen MR) is 65.8 cm³/mol. The van der Waals surface area contributed by atoms with Crippen molar-refractivity contribution in [2.24, 2.45) is 0 Å². The molecule has 1 aliphatic carbocycles. The summed E-state index contributed by atoms with van der Waals surface area (Å²) in [5.74, 6) is -1.33. The fraction of sp³-hybridized carbons (Fsp3) is 0.417. The predicted octanol–water partition coefficient (Wildman–Crippen LogP) is 1.23. The van der Waals surface area contributed by atoms with Crippen LogP contribution in [0.1, 0.15) is 35.0 Å². The van der Waals surface area contributed by atoms with Crippen LogP contribution in [-0.4, -0.2) is 28.3 Å². The van der Waals surface area contributed by atoms with E-state index in [0.29, 0.717) is 17.7 Å². The van der Waals surface area contributed by atoms with Gasteiger partial charge in [0, 0.05) is 0 Å². The van der Waals surface area contributed by atoms with E-state index in [1.165, 1.54) is 18.3 Å². The molecule has 5 nitrogen and oxygen atoms in total. The Kier molecular flexibility index (Phi) is 3.21. The largest absolute Gasteiger partial charge is 0.480 e. The summed E-state index contributed by atoms with van der Waals surface area (Å²) in [6.45, 7) is 1.47. The molecule has 0 spiro atoms. The van der Waals surface area contributed by atoms with E-state index in [1.807, 2.05) is 0 Å². The summed E-state index contributed by atoms with van der Waals surface area (Å²) in [6, 6.07) is 1.67. The fourth-order valence-electron chi connectivity index (χ4n) is 1.67. The number of aliphatic carboxylic acids is 1. The Morgan fingerprint density at radius 1 is 1.44 bits per heavy atom. The molecule has 0 bridgehead atoms. The van der Waals surface area contributed by atoms with E-state index in [0.717, 1.165) is 5.56 Å². The van der Waals surface area contributed by atoms with Crippen LogP contribution >= 0.6 is 11.3 Å². The normalized spacial score (nSPS) is 16.1. The summed E-state index contributed by atoms with van der Waals surface area (Å²) < 4.78 is 0. The molecule has 1 saturated carbocycles. The van der Waals surface area contributed by atoms with Crippen molar-refractivity contribution in [2.45, 2.75) is 31.7 Å². The molecule has 0 aliphatic heterocycles. The van der Waals surface area contributed by atoms with E-state index >= 15 is 0 Å². The molecule has 1 aliphatic rings. The highest BCUT2D eigenvalue weighted by molar-refractivity contribution is 7.12. The van der Waals surface area contributed by atoms with E-state index in [9.17, 15) is 14.4 Å². The molecule has 0 unspecified atom stereocenters. The number of ketones is 1. The Morgan fingerprint density at radius 2 is 2.11 bits per heavy atom. The number of rotatable bonds is 5. The third kappa shape index (κ3) is 2.59. The van der Waals surface area contributed by atoms with Crippen molar-refractivity contribution in [2.75, 3.05) is 0 Å². The van der Waals surface area contributed by atoms with Crippen LogP contribution in [0.3, 0.4) is 0 Å². The molecular weight excluding hydrogens is 254 g/mol. The first-order valence-corrected chi connectivity index (χ1v) is 6.44. The van der Waals surface area contributed by atoms with Crippen molar-refractivity contribution >= 4 is 29.0 Å². The van der Waals surface area contributed by atoms with E-state index in [2.05, 4.69) is 5.32 Å². The number of hydrogen-bond donors (Lipinski definition) is 2. The van der Waals surface area contributed by atoms with Gasteiger partial charge in [-0.1, -0.05) is 0 Å². The van der Waals surface area contributed by atoms with Crippen LogP contribution < -0.4 is 5.32 Å². The van der Waals surface area contributed by atoms with Crippen molar-refractivity contribution in [1.82, 2.24) is 5.32 Å². The zero-order chi connectivity index (χ0) is 13.3. The van der Waals surface area contributed by atoms with Crippen LogP contribution in [-0.2, 0) is 16.0 Å². The van der Waals surface area contributed by atoms with E-state index < -0.39 is 11.5 Å². The lowest BCUT2D eigenvalue weighted by molar-refractivity contribution is -0.143. The highest BCUT2D eigenvalue weighted by atomic mass is 32.1. The molecule has 1 heterocycles. The Morgan fingerprint density at radius 3 is 2.56 bits per heavy atom. The Balaban J connectivity index is 1.95. The van der Waals surface area contributed by atoms with Gasteiger partial charge in [0.15, 0.2) is 5.78 Å². The fourth-order valence-corrected chi connectivity index (χ4v) is 2.48. The summed E-state index contributed by atoms with van der Waals surface area (Å²) >= 11 is 1.29. The third-order valence-electron chi connectivity index (χ3n) is 2.90. The monoisotopic (exact) mass is 267 g/mol. The van der Waals surface area contributed by atoms with Gasteiger partial charge in [0.05, 0.1) is 11.3 Å². The van der Waals surface area contributed by atoms with Crippen LogP contribution in [0, 0.1) is 0 Å². The number of carboxylic acid groups (broad SMARTS) is 1. The average Bonchev–Trinajstić information content (AvgIpc) is 2.89. The highest BCUT2D eigenvalue weighted by Crippen LogP contribution is 2.35. The molecule has 1 amide bonds. The first-order chi connectivity index (χ1) is 8.43. The van der Waals surface area contributed by atoms with Gasteiger partial charge in [-0.3, -0.25) is 9.59 Å². The smallest absolute Gasteiger partial charge is 0.329 e. The number of carboxylic acids is 1. The average molecular weight is 267 g/mol. The number of hydrogen-bond acceptors (Lipinski definition) is 4. The number of thiophene rings is 1. The van der Waals surface area contributed by atoms with Gasteiger partial charge >= 0.3 is 5.97 Å². The maximum atomic E-state index is 11.7. The molecular formula is C12H13NO4S. The molecule has 96 valence electrons. The van der Waals surface area contributed by atoms with Gasteiger partial charge < -0.3 is 10.4 Å². The van der Waals surface area contributed by atoms with Gasteiger partial charge in [0.2, 0.25) is 5.91 Å². The van der Waals surface area contributed by atoms with Gasteiger partial charge in [0.25, 0.3) is 0 Å². The molecule has 0 aromatic carbocycles. The minimum absolute atomic E-state index is 0.0316. The minimum atomic E-state index is -1.05. The topological polar surface area (TPSA) is 83.5 Å². The number of Topliss-reactive ketones (excluding diaryl/α,β-unsaturated/α-hetero) is 1. The second-order valence-corrected chi connectivity index (χ2v) is 5.40. The molecule has 18 heavy (non-hydrogen) atoms. The van der Waals surface area contributed by atoms with Crippen molar-refractivity contribution in [1.29, 1.82) is 0 Å². The molecule has 0 atom stereocenters. The van der Waals surface area contributed by atoms with Crippen molar-refractivity contribution < 1.29 is 19.5 Å². The standard InChI is InChI=1S/C12H13NO4S/c1-7(14)9-4-8(6-18-9)5-10(15)13-12(2-3-12)11(16)17/h4,6H,2-3,5H2,1H3,(H,13,15)(H,16,17). The van der Waals surface area contributed by atoms with Crippen LogP contribution in [0.2, 0.25) is 0 Å². The summed E-state index contributed by atoms with van der Waals surface area (Å²) in [4.78, 5) is 34.3. The number of carbonyl (C=O) groups excluding carboxylic acids is 2. The van der Waals surface area contributed by atoms with E-state index in [-0.39, 0.29) is 18.1 Å². The maximum Gasteiger partial charge on any atom is 0.329 e. The molecule has 1 fully saturated rings. The van der Waals surface area contributed by atoms with Gasteiger partial charge in [-0.05, 0) is 36.8 Å². The molecule has 1 aromatic heterocycles. The lowest BCUT2D eigenvalue weighted by Gasteiger charge is -2.11. The van der Waals surface area contributed by atoms with Crippen molar-refractivity contribution in [3.05, 3.63) is 21.9 Å². The van der Waals surface area contributed by atoms with E-state index in [4.69, 9.17) is 5.11 Å². The van der Waals surface area contributed by atoms with Gasteiger partial charge in [-0.2, -0.15) is 0 Å². The molecule has 1 aromatic rings. The van der Waals surface area contributed by atoms with Crippen molar-refractivity contribution in [3.63, 3.8) is 0 Å². The zero-order valence-electron chi connectivity index (χ0n) is 9.86. The van der Waals surface area contributed by atoms with Crippen molar-refractivity contribution in [3.8, 4) is 0 Å². The maximum absolute atomic E-state index is 11.7. The van der Waals surface area contributed by atoms with E-state index in [1.54, 1.807) is 11.4 Å². The SMILES string of the molecule is CC(=O)c1cc(CC(=O)NC2(C(=O)O)CC2)cs1. The molecule has 0 saturated heterocycles. The lowest BCUT2D eigenvalue weighted by Crippen LogP contribution is -2.43. The van der Waals surface area contributed by atoms with Gasteiger partial charge in [-0.25, -0.2) is 4.79 Å². The summed E-state index contributed by atoms with van der Waals surface area (Å²) in [5.41, 5.74) is -0.305. The molecule has 6 heteroatoms. The lowest BCUT2D eigenvalue weighted by atomic mass is 10.2. The Hall–Kier alpha value is -1.69. The van der Waals surface area contributed by atoms with Crippen LogP contribution in [0.5, 0.6) is 0 Å². The summed E-state index contributed by atoms with van der Waals surface area (Å²) in [5, 5.41) is 13.2. The summed E-state index contributed by atoms with van der Waals surface area (Å²) in [6.07, 6.45) is 1.08. The number of nitrogens with one attached hydrogen (secondary N) is 1. The molecule has 2 rings (SSSR count). The molecule has 0 radical (unpaired) electrons.